The second kappa shape index (κ2) is 7.00. The second-order valence-electron chi connectivity index (χ2n) is 15.1. The summed E-state index contributed by atoms with van der Waals surface area (Å²) < 4.78 is 0. The van der Waals surface area contributed by atoms with E-state index in [0.717, 1.165) is 12.8 Å². The summed E-state index contributed by atoms with van der Waals surface area (Å²) in [6, 6.07) is 0. The van der Waals surface area contributed by atoms with Gasteiger partial charge >= 0.3 is 0 Å². The first kappa shape index (κ1) is 23.7. The molecular weight excluding hydrogens is 420 g/mol. The number of rotatable bonds is 1. The number of ketones is 1. The molecule has 0 aromatic heterocycles. The summed E-state index contributed by atoms with van der Waals surface area (Å²) in [4.78, 5) is 13.0. The van der Waals surface area contributed by atoms with Crippen molar-refractivity contribution < 1.29 is 15.0 Å². The Kier molecular flexibility index (Phi) is 4.88. The Hall–Kier alpha value is -0.670. The molecule has 34 heavy (non-hydrogen) atoms. The number of carbonyl (C=O) groups is 1. The third-order valence-corrected chi connectivity index (χ3v) is 13.9. The molecule has 0 saturated heterocycles. The van der Waals surface area contributed by atoms with E-state index in [0.29, 0.717) is 46.3 Å². The molecule has 0 aliphatic heterocycles. The number of hydrogen-bond donors (Lipinski definition) is 2. The smallest absolute Gasteiger partial charge is 0.162 e. The summed E-state index contributed by atoms with van der Waals surface area (Å²) in [6.07, 6.45) is 11.6. The van der Waals surface area contributed by atoms with Crippen molar-refractivity contribution in [3.8, 4) is 0 Å². The highest BCUT2D eigenvalue weighted by molar-refractivity contribution is 5.86. The zero-order valence-electron chi connectivity index (χ0n) is 22.5. The number of aliphatic hydroxyl groups excluding tert-OH is 2. The number of allylic oxidation sites excluding steroid dienone is 1. The summed E-state index contributed by atoms with van der Waals surface area (Å²) in [5.74, 6) is 2.37. The summed E-state index contributed by atoms with van der Waals surface area (Å²) in [5, 5.41) is 22.1. The average molecular weight is 469 g/mol. The van der Waals surface area contributed by atoms with E-state index in [1.165, 1.54) is 62.5 Å². The number of Topliss-reactive ketones (excluding diaryl/α,β-unsaturated/α-hetero) is 1. The van der Waals surface area contributed by atoms with E-state index in [2.05, 4.69) is 41.5 Å². The topological polar surface area (TPSA) is 57.5 Å². The van der Waals surface area contributed by atoms with Crippen molar-refractivity contribution in [2.45, 2.75) is 124 Å². The van der Waals surface area contributed by atoms with Crippen LogP contribution >= 0.6 is 0 Å². The molecule has 10 unspecified atom stereocenters. The maximum absolute atomic E-state index is 13.0. The predicted molar refractivity (Wildman–Crippen MR) is 135 cm³/mol. The maximum atomic E-state index is 13.0. The lowest BCUT2D eigenvalue weighted by Crippen LogP contribution is -2.59. The van der Waals surface area contributed by atoms with Gasteiger partial charge in [0.25, 0.3) is 0 Å². The van der Waals surface area contributed by atoms with Crippen molar-refractivity contribution in [3.05, 3.63) is 11.1 Å². The number of fused-ring (bicyclic) bond motifs is 2. The second-order valence-corrected chi connectivity index (χ2v) is 15.1. The SMILES string of the molecule is CC(C)=C1CCC(C2CCC3(C)C4CCC5C(C)(C)C(O)C(=O)CC56CC46CCC23C)C(O)C1. The van der Waals surface area contributed by atoms with Crippen LogP contribution in [-0.2, 0) is 4.79 Å². The van der Waals surface area contributed by atoms with Crippen LogP contribution in [0.3, 0.4) is 0 Å². The van der Waals surface area contributed by atoms with Crippen LogP contribution in [0.25, 0.3) is 0 Å². The van der Waals surface area contributed by atoms with E-state index in [-0.39, 0.29) is 22.7 Å². The van der Waals surface area contributed by atoms with Gasteiger partial charge in [-0.3, -0.25) is 4.79 Å². The normalized spacial score (nSPS) is 55.6. The zero-order valence-corrected chi connectivity index (χ0v) is 22.5. The van der Waals surface area contributed by atoms with Crippen molar-refractivity contribution in [2.24, 2.45) is 50.7 Å². The van der Waals surface area contributed by atoms with Crippen LogP contribution in [0.2, 0.25) is 0 Å². The number of aliphatic hydroxyl groups is 2. The predicted octanol–water partition coefficient (Wildman–Crippen LogP) is 6.46. The summed E-state index contributed by atoms with van der Waals surface area (Å²) in [5.41, 5.74) is 3.69. The van der Waals surface area contributed by atoms with Gasteiger partial charge in [-0.25, -0.2) is 0 Å². The first-order chi connectivity index (χ1) is 15.8. The van der Waals surface area contributed by atoms with Crippen molar-refractivity contribution >= 4 is 5.78 Å². The van der Waals surface area contributed by atoms with Gasteiger partial charge in [0, 0.05) is 11.8 Å². The Labute approximate surface area is 207 Å². The molecule has 0 aromatic rings. The van der Waals surface area contributed by atoms with E-state index < -0.39 is 6.10 Å². The van der Waals surface area contributed by atoms with Gasteiger partial charge in [0.1, 0.15) is 6.10 Å². The van der Waals surface area contributed by atoms with Gasteiger partial charge in [-0.2, -0.15) is 0 Å². The minimum Gasteiger partial charge on any atom is -0.392 e. The molecule has 0 amide bonds. The van der Waals surface area contributed by atoms with Crippen LogP contribution in [0.5, 0.6) is 0 Å². The Morgan fingerprint density at radius 3 is 2.24 bits per heavy atom. The third-order valence-electron chi connectivity index (χ3n) is 13.9. The van der Waals surface area contributed by atoms with Gasteiger partial charge in [-0.05, 0) is 123 Å². The summed E-state index contributed by atoms with van der Waals surface area (Å²) in [6.45, 7) is 14.0. The average Bonchev–Trinajstić information content (AvgIpc) is 3.34. The van der Waals surface area contributed by atoms with E-state index in [4.69, 9.17) is 0 Å². The van der Waals surface area contributed by atoms with Crippen molar-refractivity contribution in [1.29, 1.82) is 0 Å². The van der Waals surface area contributed by atoms with Gasteiger partial charge in [-0.1, -0.05) is 38.8 Å². The number of hydrogen-bond acceptors (Lipinski definition) is 3. The summed E-state index contributed by atoms with van der Waals surface area (Å²) in [7, 11) is 0. The van der Waals surface area contributed by atoms with E-state index in [1.54, 1.807) is 0 Å². The first-order valence-electron chi connectivity index (χ1n) is 14.4. The molecule has 3 nitrogen and oxygen atoms in total. The van der Waals surface area contributed by atoms with Gasteiger partial charge in [-0.15, -0.1) is 0 Å². The molecule has 6 rings (SSSR count). The molecule has 0 aromatic carbocycles. The maximum Gasteiger partial charge on any atom is 0.162 e. The molecule has 6 aliphatic rings. The fourth-order valence-electron chi connectivity index (χ4n) is 11.9. The molecule has 190 valence electrons. The van der Waals surface area contributed by atoms with Crippen molar-refractivity contribution in [1.82, 2.24) is 0 Å². The van der Waals surface area contributed by atoms with Crippen LogP contribution < -0.4 is 0 Å². The zero-order chi connectivity index (χ0) is 24.5. The van der Waals surface area contributed by atoms with E-state index >= 15 is 0 Å². The van der Waals surface area contributed by atoms with Crippen LogP contribution in [0.15, 0.2) is 11.1 Å². The molecular formula is C31H48O3. The molecule has 3 heteroatoms. The van der Waals surface area contributed by atoms with Crippen molar-refractivity contribution in [2.75, 3.05) is 0 Å². The molecule has 0 bridgehead atoms. The molecule has 0 radical (unpaired) electrons. The lowest BCUT2D eigenvalue weighted by atomic mass is 9.41. The van der Waals surface area contributed by atoms with Crippen LogP contribution in [-0.4, -0.2) is 28.2 Å². The fourth-order valence-corrected chi connectivity index (χ4v) is 11.9. The first-order valence-corrected chi connectivity index (χ1v) is 14.4. The van der Waals surface area contributed by atoms with Gasteiger partial charge in [0.2, 0.25) is 0 Å². The fraction of sp³-hybridized carbons (Fsp3) is 0.903. The molecule has 10 atom stereocenters. The Morgan fingerprint density at radius 2 is 1.56 bits per heavy atom. The molecule has 6 aliphatic carbocycles. The molecule has 2 spiro atoms. The standard InChI is InChI=1S/C31H48O3/c1-18(2)19-7-8-20(22(32)15-19)21-11-12-29(6)25-10-9-24-27(3,4)26(34)23(33)16-31(24)17-30(25,31)14-13-28(21,29)5/h20-22,24-26,32,34H,7-17H2,1-6H3. The Morgan fingerprint density at radius 1 is 0.853 bits per heavy atom. The van der Waals surface area contributed by atoms with E-state index in [1.807, 2.05) is 0 Å². The molecule has 0 heterocycles. The van der Waals surface area contributed by atoms with Crippen LogP contribution in [0.4, 0.5) is 0 Å². The highest BCUT2D eigenvalue weighted by atomic mass is 16.3. The van der Waals surface area contributed by atoms with Gasteiger partial charge in [0.05, 0.1) is 6.10 Å². The highest BCUT2D eigenvalue weighted by Crippen LogP contribution is 2.88. The van der Waals surface area contributed by atoms with Gasteiger partial charge < -0.3 is 10.2 Å². The highest BCUT2D eigenvalue weighted by Gasteiger charge is 2.83. The quantitative estimate of drug-likeness (QED) is 0.434. The van der Waals surface area contributed by atoms with E-state index in [9.17, 15) is 15.0 Å². The number of carbonyl (C=O) groups excluding carboxylic acids is 1. The molecule has 2 N–H and O–H groups in total. The minimum atomic E-state index is -0.781. The van der Waals surface area contributed by atoms with Crippen molar-refractivity contribution in [3.63, 3.8) is 0 Å². The summed E-state index contributed by atoms with van der Waals surface area (Å²) >= 11 is 0. The molecule has 6 saturated carbocycles. The minimum absolute atomic E-state index is 0.113. The van der Waals surface area contributed by atoms with Crippen LogP contribution in [0, 0.1) is 50.7 Å². The lowest BCUT2D eigenvalue weighted by Gasteiger charge is -2.63. The largest absolute Gasteiger partial charge is 0.392 e. The van der Waals surface area contributed by atoms with Crippen LogP contribution in [0.1, 0.15) is 112 Å². The Balaban J connectivity index is 1.31. The Bertz CT molecular complexity index is 944. The molecule has 6 fully saturated rings. The lowest BCUT2D eigenvalue weighted by molar-refractivity contribution is -0.174. The van der Waals surface area contributed by atoms with Gasteiger partial charge in [0.15, 0.2) is 5.78 Å². The monoisotopic (exact) mass is 468 g/mol. The third kappa shape index (κ3) is 2.60.